The summed E-state index contributed by atoms with van der Waals surface area (Å²) in [6.07, 6.45) is -14.0. The number of aliphatic hydroxyl groups excluding tert-OH is 6. The van der Waals surface area contributed by atoms with Gasteiger partial charge < -0.3 is 138 Å². The first kappa shape index (κ1) is 97.2. The average molecular weight is 1900 g/mol. The first-order valence-corrected chi connectivity index (χ1v) is 46.0. The van der Waals surface area contributed by atoms with Gasteiger partial charge in [-0.1, -0.05) is 55.2 Å². The summed E-state index contributed by atoms with van der Waals surface area (Å²) in [5.41, 5.74) is 2.40. The molecule has 7 heterocycles. The van der Waals surface area contributed by atoms with E-state index in [1.54, 1.807) is 0 Å². The first-order valence-electron chi connectivity index (χ1n) is 43.3. The third kappa shape index (κ3) is 21.7. The predicted octanol–water partition coefficient (Wildman–Crippen LogP) is 2.86. The lowest BCUT2D eigenvalue weighted by atomic mass is 9.54. The molecule has 4 saturated carbocycles. The molecule has 712 valence electrons. The Balaban J connectivity index is 0.975. The third-order valence-electron chi connectivity index (χ3n) is 25.4. The van der Waals surface area contributed by atoms with E-state index in [1.807, 2.05) is 13.8 Å². The zero-order valence-corrected chi connectivity index (χ0v) is 75.2. The Kier molecular flexibility index (Phi) is 29.8. The van der Waals surface area contributed by atoms with Gasteiger partial charge in [0.05, 0.1) is 60.3 Å². The smallest absolute Gasteiger partial charge is 0.325 e. The van der Waals surface area contributed by atoms with Gasteiger partial charge in [0, 0.05) is 47.9 Å². The summed E-state index contributed by atoms with van der Waals surface area (Å²) < 4.78 is 70.8. The number of hydrogen-bond acceptors (Lipinski definition) is 30. The number of sulfonamides is 1. The number of phenols is 3. The van der Waals surface area contributed by atoms with E-state index in [1.165, 1.54) is 70.5 Å². The Labute approximate surface area is 768 Å². The van der Waals surface area contributed by atoms with Crippen LogP contribution >= 0.6 is 23.2 Å². The average Bonchev–Trinajstić information content (AvgIpc) is 0.766. The summed E-state index contributed by atoms with van der Waals surface area (Å²) in [6, 6.07) is 2.91. The van der Waals surface area contributed by atoms with Crippen LogP contribution in [0.4, 0.5) is 10.5 Å². The van der Waals surface area contributed by atoms with Crippen LogP contribution in [0.3, 0.4) is 0 Å². The van der Waals surface area contributed by atoms with Crippen LogP contribution < -0.4 is 87.9 Å². The fourth-order valence-electron chi connectivity index (χ4n) is 18.8. The van der Waals surface area contributed by atoms with Crippen LogP contribution in [-0.2, 0) is 69.1 Å². The number of halogens is 2. The molecular weight excluding hydrogens is 1790 g/mol. The van der Waals surface area contributed by atoms with E-state index in [0.717, 1.165) is 93.0 Å². The molecule has 6 aromatic carbocycles. The molecule has 6 fully saturated rings. The highest BCUT2D eigenvalue weighted by Crippen LogP contribution is 2.55. The van der Waals surface area contributed by atoms with Crippen LogP contribution in [0.1, 0.15) is 149 Å². The van der Waals surface area contributed by atoms with Crippen LogP contribution in [0.15, 0.2) is 97.1 Å². The number of urea groups is 1. The van der Waals surface area contributed by atoms with Crippen molar-refractivity contribution in [1.82, 2.24) is 57.9 Å². The van der Waals surface area contributed by atoms with Gasteiger partial charge >= 0.3 is 6.03 Å². The molecule has 132 heavy (non-hydrogen) atoms. The van der Waals surface area contributed by atoms with Gasteiger partial charge in [0.25, 0.3) is 0 Å². The Bertz CT molecular complexity index is 5480. The molecule has 0 aromatic heterocycles. The molecule has 7 aliphatic heterocycles. The fourth-order valence-corrected chi connectivity index (χ4v) is 19.8. The number of methoxy groups -OCH3 is 1. The van der Waals surface area contributed by atoms with Crippen LogP contribution in [0.5, 0.6) is 51.7 Å². The zero-order valence-electron chi connectivity index (χ0n) is 72.8. The van der Waals surface area contributed by atoms with E-state index in [0.29, 0.717) is 17.6 Å². The summed E-state index contributed by atoms with van der Waals surface area (Å²) in [4.78, 5) is 140. The summed E-state index contributed by atoms with van der Waals surface area (Å²) in [5, 5.41) is 138. The van der Waals surface area contributed by atoms with E-state index >= 15 is 28.8 Å². The largest absolute Gasteiger partial charge is 0.507 e. The number of nitrogens with one attached hydrogen (secondary N) is 12. The molecule has 11 aliphatic rings. The maximum absolute atomic E-state index is 16.8. The molecule has 10 amide bonds. The number of nitrogens with two attached hydrogens (primary N) is 1. The van der Waals surface area contributed by atoms with Crippen LogP contribution in [0.25, 0.3) is 11.1 Å². The number of aromatic hydroxyl groups is 3. The molecule has 18 atom stereocenters. The molecule has 40 nitrogen and oxygen atoms in total. The van der Waals surface area contributed by atoms with Gasteiger partial charge in [-0.15, -0.1) is 0 Å². The van der Waals surface area contributed by atoms with Crippen LogP contribution in [-0.4, -0.2) is 233 Å². The molecular formula is C89H109Cl2N13O27S. The highest BCUT2D eigenvalue weighted by molar-refractivity contribution is 7.88. The van der Waals surface area contributed by atoms with E-state index in [4.69, 9.17) is 62.1 Å². The second-order valence-electron chi connectivity index (χ2n) is 35.6. The predicted molar refractivity (Wildman–Crippen MR) is 471 cm³/mol. The maximum atomic E-state index is 16.8. The molecule has 6 aromatic rings. The summed E-state index contributed by atoms with van der Waals surface area (Å²) in [6.45, 7) is 5.25. The van der Waals surface area contributed by atoms with Crippen molar-refractivity contribution in [1.29, 1.82) is 0 Å². The number of anilines is 1. The topological polar surface area (TPSA) is 605 Å². The van der Waals surface area contributed by atoms with Crippen molar-refractivity contribution in [3.63, 3.8) is 0 Å². The summed E-state index contributed by atoms with van der Waals surface area (Å²) >= 11 is 14.6. The van der Waals surface area contributed by atoms with E-state index in [9.17, 15) is 68.8 Å². The quantitative estimate of drug-likeness (QED) is 0.0410. The molecule has 0 radical (unpaired) electrons. The highest BCUT2D eigenvalue weighted by atomic mass is 35.5. The molecule has 23 N–H and O–H groups in total. The standard InChI is InChI=1S/C89H109Cl2N13O27S/c1-37(2)21-54(93-5)80(115)103-70-72(109)42-10-17-58(52(90)28-42)127-60-30-46-31-61(77(60)131-87-78(76(113)75(112)62(36-105)129-87)130-64-34-89(4,92)79(114)38(3)126-64)128-59-18-11-43(29-53(59)91)73(110)71-86(121)102-69(84(119)99-66-44-23-39-22-40(25-44)26-45(66)24-39)50-32-57(107)51(35-94-19-8-20-95-132(7,123)124)74(111)65(50)49-27-41(9-16-56(49)106)67(82(117)104-71)101-83(118)68(46)100-81(116)55(97-85(70)120)33-63(108)98-88(122)96-47-12-14-48(125-6)15-13-47/h9-18,27-32,37-40,44-45,54-55,62,64,66-73,75-76,78-79,87,93-95,105-107,109-114H,8,19-26,33-36,92H2,1-7H3,(H,97,120)(H,99,119)(H,100,116)(H,101,118)(H,102,121)(H,103,115)(H,104,117)(H2,96,98,108,122)/t38-,39?,40?,44?,45?,54+,55-,62+,64-,66?,67+,68+,69-,70+,71-,72+,73+,75+,76-,78+,79+,87-,89-/m0/s1. The minimum atomic E-state index is -3.62. The number of hydrogen-bond donors (Lipinski definition) is 22. The van der Waals surface area contributed by atoms with Gasteiger partial charge in [-0.05, 0) is 209 Å². The Hall–Kier alpha value is -10.8. The number of ether oxygens (including phenoxy) is 7. The van der Waals surface area contributed by atoms with Gasteiger partial charge in [-0.2, -0.15) is 0 Å². The van der Waals surface area contributed by atoms with Gasteiger partial charge in [0.15, 0.2) is 23.9 Å². The minimum Gasteiger partial charge on any atom is -0.507 e. The number of benzene rings is 6. The van der Waals surface area contributed by atoms with Gasteiger partial charge in [0.1, 0.15) is 101 Å². The summed E-state index contributed by atoms with van der Waals surface area (Å²) in [5.74, 6) is -14.2. The Morgan fingerprint density at radius 1 is 0.689 bits per heavy atom. The minimum absolute atomic E-state index is 0.00125. The zero-order chi connectivity index (χ0) is 95.0. The molecule has 15 bridgehead atoms. The lowest BCUT2D eigenvalue weighted by molar-refractivity contribution is -0.333. The molecule has 0 unspecified atom stereocenters. The second-order valence-corrected chi connectivity index (χ2v) is 38.2. The van der Waals surface area contributed by atoms with Gasteiger partial charge in [0.2, 0.25) is 69.3 Å². The Morgan fingerprint density at radius 2 is 1.31 bits per heavy atom. The number of rotatable bonds is 23. The van der Waals surface area contributed by atoms with E-state index in [2.05, 4.69) is 63.2 Å². The highest BCUT2D eigenvalue weighted by Gasteiger charge is 2.54. The first-order chi connectivity index (χ1) is 62.6. The maximum Gasteiger partial charge on any atom is 0.325 e. The number of imide groups is 1. The summed E-state index contributed by atoms with van der Waals surface area (Å²) in [7, 11) is -0.760. The van der Waals surface area contributed by atoms with Crippen molar-refractivity contribution < 1.29 is 131 Å². The SMILES string of the molecule is CN[C@H](CC(C)C)C(=O)N[C@H]1C(=O)N[C@@H](CC(=O)NC(=O)Nc2ccc(OC)cc2)C(=O)N[C@H]2C(=O)N[C@H]3C(=O)N[C@H](C(=O)N[C@H](C(=O)NC4C5CC6CC(C5)CC4C6)c4cc(O)c(CNCCCNS(C)(=O)=O)c(O)c4-c4cc3ccc4O)[C@H](O)c3ccc(c(Cl)c3)Oc3cc2cc(c3O[C@@H]2O[C@H](CO)[C@@H](O)[C@H](O)[C@H]2O[C@H]2C[C@](C)(N)[C@H](O)[C@H](C)O2)Oc2ccc(cc2Cl)[C@H]1O. The van der Waals surface area contributed by atoms with Crippen molar-refractivity contribution in [3.05, 3.63) is 140 Å². The Morgan fingerprint density at radius 3 is 1.92 bits per heavy atom. The van der Waals surface area contributed by atoms with E-state index in [-0.39, 0.29) is 89.4 Å². The number of aliphatic hydroxyl groups is 6. The van der Waals surface area contributed by atoms with Crippen molar-refractivity contribution in [3.8, 4) is 62.9 Å². The van der Waals surface area contributed by atoms with Crippen LogP contribution in [0, 0.1) is 29.6 Å². The van der Waals surface area contributed by atoms with Crippen molar-refractivity contribution >= 4 is 92.2 Å². The lowest BCUT2D eigenvalue weighted by Crippen LogP contribution is -2.64. The number of amides is 10. The van der Waals surface area contributed by atoms with E-state index < -0.39 is 265 Å². The normalized spacial score (nSPS) is 29.5. The number of carbonyl (C=O) groups excluding carboxylic acids is 9. The molecule has 0 spiro atoms. The van der Waals surface area contributed by atoms with Gasteiger partial charge in [-0.3, -0.25) is 43.7 Å². The van der Waals surface area contributed by atoms with Crippen LogP contribution in [0.2, 0.25) is 10.0 Å². The third-order valence-corrected chi connectivity index (χ3v) is 26.7. The van der Waals surface area contributed by atoms with Crippen molar-refractivity contribution in [2.45, 2.75) is 207 Å². The molecule has 17 rings (SSSR count). The van der Waals surface area contributed by atoms with Crippen molar-refractivity contribution in [2.24, 2.45) is 35.3 Å². The molecule has 2 saturated heterocycles. The van der Waals surface area contributed by atoms with Gasteiger partial charge in [-0.25, -0.2) is 17.9 Å². The number of fused-ring (bicyclic) bond motifs is 15. The molecule has 43 heteroatoms. The second kappa shape index (κ2) is 40.5. The number of likely N-dealkylation sites (N-methyl/N-ethyl adjacent to an activating group) is 1. The monoisotopic (exact) mass is 1890 g/mol. The molecule has 4 aliphatic carbocycles. The lowest BCUT2D eigenvalue weighted by Gasteiger charge is -2.54. The fraction of sp³-hybridized carbons (Fsp3) is 0.494. The number of carbonyl (C=O) groups is 9. The number of phenolic OH excluding ortho intramolecular Hbond substituents is 3. The van der Waals surface area contributed by atoms with Crippen molar-refractivity contribution in [2.75, 3.05) is 45.4 Å².